The predicted octanol–water partition coefficient (Wildman–Crippen LogP) is 3.23. The highest BCUT2D eigenvalue weighted by atomic mass is 79.9. The third-order valence-electron chi connectivity index (χ3n) is 4.04. The molecule has 0 spiro atoms. The molecule has 0 saturated heterocycles. The summed E-state index contributed by atoms with van der Waals surface area (Å²) >= 11 is 3.31. The van der Waals surface area contributed by atoms with Gasteiger partial charge in [-0.05, 0) is 52.9 Å². The van der Waals surface area contributed by atoms with Crippen molar-refractivity contribution in [3.63, 3.8) is 0 Å². The molecule has 6 heteroatoms. The quantitative estimate of drug-likeness (QED) is 0.841. The van der Waals surface area contributed by atoms with Crippen LogP contribution in [0.5, 0.6) is 0 Å². The second kappa shape index (κ2) is 6.03. The van der Waals surface area contributed by atoms with E-state index in [0.717, 1.165) is 19.3 Å². The van der Waals surface area contributed by atoms with Gasteiger partial charge in [-0.1, -0.05) is 19.8 Å². The van der Waals surface area contributed by atoms with Crippen LogP contribution in [0.3, 0.4) is 0 Å². The van der Waals surface area contributed by atoms with Crippen LogP contribution in [0.25, 0.3) is 0 Å². The Hall–Kier alpha value is -0.590. The number of nitrogens with zero attached hydrogens (tertiary/aromatic N) is 1. The summed E-state index contributed by atoms with van der Waals surface area (Å²) in [5, 5.41) is 0. The predicted molar refractivity (Wildman–Crippen MR) is 84.9 cm³/mol. The lowest BCUT2D eigenvalue weighted by atomic mass is 9.87. The third-order valence-corrected chi connectivity index (χ3v) is 6.94. The van der Waals surface area contributed by atoms with E-state index >= 15 is 0 Å². The van der Waals surface area contributed by atoms with Crippen LogP contribution < -0.4 is 5.73 Å². The first-order valence-electron chi connectivity index (χ1n) is 6.85. The second-order valence-electron chi connectivity index (χ2n) is 5.64. The molecule has 2 rings (SSSR count). The van der Waals surface area contributed by atoms with Crippen LogP contribution in [0, 0.1) is 5.92 Å². The number of halogens is 1. The van der Waals surface area contributed by atoms with Crippen LogP contribution in [0.1, 0.15) is 32.6 Å². The van der Waals surface area contributed by atoms with E-state index in [1.165, 1.54) is 16.8 Å². The molecule has 0 amide bonds. The van der Waals surface area contributed by atoms with Crippen molar-refractivity contribution in [1.82, 2.24) is 4.31 Å². The van der Waals surface area contributed by atoms with Crippen LogP contribution in [0.4, 0.5) is 5.69 Å². The topological polar surface area (TPSA) is 63.4 Å². The largest absolute Gasteiger partial charge is 0.399 e. The van der Waals surface area contributed by atoms with E-state index in [-0.39, 0.29) is 10.9 Å². The van der Waals surface area contributed by atoms with Crippen molar-refractivity contribution in [3.8, 4) is 0 Å². The van der Waals surface area contributed by atoms with Crippen molar-refractivity contribution in [2.24, 2.45) is 5.92 Å². The number of anilines is 1. The molecule has 0 aliphatic heterocycles. The van der Waals surface area contributed by atoms with Crippen molar-refractivity contribution >= 4 is 31.6 Å². The Kier molecular flexibility index (Phi) is 4.76. The van der Waals surface area contributed by atoms with Gasteiger partial charge in [0.25, 0.3) is 0 Å². The maximum Gasteiger partial charge on any atom is 0.244 e. The average Bonchev–Trinajstić information content (AvgIpc) is 2.40. The SMILES string of the molecule is CC1CCCC(N(C)S(=O)(=O)c2cc(N)ccc2Br)C1. The summed E-state index contributed by atoms with van der Waals surface area (Å²) in [4.78, 5) is 0.248. The molecule has 0 radical (unpaired) electrons. The summed E-state index contributed by atoms with van der Waals surface area (Å²) in [5.74, 6) is 0.579. The molecule has 0 bridgehead atoms. The van der Waals surface area contributed by atoms with Crippen molar-refractivity contribution in [2.75, 3.05) is 12.8 Å². The molecule has 2 N–H and O–H groups in total. The van der Waals surface area contributed by atoms with Gasteiger partial charge in [0.15, 0.2) is 0 Å². The number of benzene rings is 1. The normalized spacial score (nSPS) is 24.0. The molecule has 1 aromatic rings. The van der Waals surface area contributed by atoms with Gasteiger partial charge in [-0.25, -0.2) is 8.42 Å². The minimum Gasteiger partial charge on any atom is -0.399 e. The molecule has 2 unspecified atom stereocenters. The Balaban J connectivity index is 2.31. The van der Waals surface area contributed by atoms with Gasteiger partial charge in [-0.2, -0.15) is 4.31 Å². The van der Waals surface area contributed by atoms with Gasteiger partial charge in [0.2, 0.25) is 10.0 Å². The van der Waals surface area contributed by atoms with Crippen LogP contribution >= 0.6 is 15.9 Å². The fourth-order valence-electron chi connectivity index (χ4n) is 2.80. The van der Waals surface area contributed by atoms with Crippen LogP contribution in [0.15, 0.2) is 27.6 Å². The summed E-state index contributed by atoms with van der Waals surface area (Å²) in [6.07, 6.45) is 4.13. The fraction of sp³-hybridized carbons (Fsp3) is 0.571. The molecule has 2 atom stereocenters. The summed E-state index contributed by atoms with van der Waals surface area (Å²) in [6, 6.07) is 4.96. The van der Waals surface area contributed by atoms with E-state index in [1.54, 1.807) is 19.2 Å². The van der Waals surface area contributed by atoms with Gasteiger partial charge in [0, 0.05) is 23.2 Å². The molecule has 20 heavy (non-hydrogen) atoms. The minimum absolute atomic E-state index is 0.0806. The summed E-state index contributed by atoms with van der Waals surface area (Å²) in [7, 11) is -1.83. The summed E-state index contributed by atoms with van der Waals surface area (Å²) < 4.78 is 27.6. The number of sulfonamides is 1. The smallest absolute Gasteiger partial charge is 0.244 e. The van der Waals surface area contributed by atoms with Crippen molar-refractivity contribution in [3.05, 3.63) is 22.7 Å². The summed E-state index contributed by atoms with van der Waals surface area (Å²) in [5.41, 5.74) is 6.18. The molecule has 1 fully saturated rings. The Labute approximate surface area is 129 Å². The standard InChI is InChI=1S/C14H21BrN2O2S/c1-10-4-3-5-12(8-10)17(2)20(18,19)14-9-11(16)6-7-13(14)15/h6-7,9-10,12H,3-5,8,16H2,1-2H3. The van der Waals surface area contributed by atoms with Gasteiger partial charge < -0.3 is 5.73 Å². The Morgan fingerprint density at radius 3 is 2.70 bits per heavy atom. The van der Waals surface area contributed by atoms with E-state index in [2.05, 4.69) is 22.9 Å². The first-order valence-corrected chi connectivity index (χ1v) is 9.08. The van der Waals surface area contributed by atoms with E-state index in [9.17, 15) is 8.42 Å². The Bertz CT molecular complexity index is 589. The highest BCUT2D eigenvalue weighted by molar-refractivity contribution is 9.10. The Morgan fingerprint density at radius 2 is 2.05 bits per heavy atom. The van der Waals surface area contributed by atoms with Gasteiger partial charge in [-0.3, -0.25) is 0 Å². The average molecular weight is 361 g/mol. The monoisotopic (exact) mass is 360 g/mol. The first kappa shape index (κ1) is 15.8. The molecular weight excluding hydrogens is 340 g/mol. The van der Waals surface area contributed by atoms with E-state index in [1.807, 2.05) is 0 Å². The van der Waals surface area contributed by atoms with E-state index in [0.29, 0.717) is 16.1 Å². The molecule has 112 valence electrons. The highest BCUT2D eigenvalue weighted by Gasteiger charge is 2.32. The zero-order chi connectivity index (χ0) is 14.9. The second-order valence-corrected chi connectivity index (χ2v) is 8.46. The third kappa shape index (κ3) is 3.18. The van der Waals surface area contributed by atoms with E-state index in [4.69, 9.17) is 5.73 Å². The van der Waals surface area contributed by atoms with Gasteiger partial charge in [-0.15, -0.1) is 0 Å². The van der Waals surface area contributed by atoms with Crippen molar-refractivity contribution < 1.29 is 8.42 Å². The van der Waals surface area contributed by atoms with Crippen LogP contribution in [0.2, 0.25) is 0 Å². The number of nitrogen functional groups attached to an aromatic ring is 1. The van der Waals surface area contributed by atoms with Crippen LogP contribution in [-0.2, 0) is 10.0 Å². The highest BCUT2D eigenvalue weighted by Crippen LogP contribution is 2.32. The van der Waals surface area contributed by atoms with Gasteiger partial charge in [0.1, 0.15) is 0 Å². The molecule has 1 aliphatic carbocycles. The zero-order valence-electron chi connectivity index (χ0n) is 11.8. The minimum atomic E-state index is -3.51. The fourth-order valence-corrected chi connectivity index (χ4v) is 5.16. The van der Waals surface area contributed by atoms with Crippen molar-refractivity contribution in [2.45, 2.75) is 43.5 Å². The number of hydrogen-bond donors (Lipinski definition) is 1. The Morgan fingerprint density at radius 1 is 1.35 bits per heavy atom. The molecule has 1 aromatic carbocycles. The molecule has 0 heterocycles. The molecule has 4 nitrogen and oxygen atoms in total. The van der Waals surface area contributed by atoms with Gasteiger partial charge >= 0.3 is 0 Å². The maximum absolute atomic E-state index is 12.8. The molecular formula is C14H21BrN2O2S. The number of hydrogen-bond acceptors (Lipinski definition) is 3. The lowest BCUT2D eigenvalue weighted by molar-refractivity contribution is 0.239. The molecule has 1 aliphatic rings. The first-order chi connectivity index (χ1) is 9.32. The lowest BCUT2D eigenvalue weighted by Crippen LogP contribution is -2.39. The van der Waals surface area contributed by atoms with Crippen molar-refractivity contribution in [1.29, 1.82) is 0 Å². The van der Waals surface area contributed by atoms with Crippen LogP contribution in [-0.4, -0.2) is 25.8 Å². The van der Waals surface area contributed by atoms with E-state index < -0.39 is 10.0 Å². The lowest BCUT2D eigenvalue weighted by Gasteiger charge is -2.33. The zero-order valence-corrected chi connectivity index (χ0v) is 14.2. The summed E-state index contributed by atoms with van der Waals surface area (Å²) in [6.45, 7) is 2.18. The molecule has 1 saturated carbocycles. The number of nitrogens with two attached hydrogens (primary N) is 1. The number of rotatable bonds is 3. The molecule has 0 aromatic heterocycles. The maximum atomic E-state index is 12.8. The van der Waals surface area contributed by atoms with Gasteiger partial charge in [0.05, 0.1) is 4.90 Å².